The smallest absolute Gasteiger partial charge is 0.255 e. The second kappa shape index (κ2) is 36.7. The number of carbonyl (C=O) groups is 1. The van der Waals surface area contributed by atoms with Crippen molar-refractivity contribution in [3.63, 3.8) is 0 Å². The van der Waals surface area contributed by atoms with Gasteiger partial charge in [0.15, 0.2) is 0 Å². The molecule has 0 saturated heterocycles. The van der Waals surface area contributed by atoms with E-state index in [1.54, 1.807) is 30.4 Å². The Balaban J connectivity index is -0.000000101. The lowest BCUT2D eigenvalue weighted by molar-refractivity contribution is -0.116. The summed E-state index contributed by atoms with van der Waals surface area (Å²) in [6.45, 7) is 22.4. The van der Waals surface area contributed by atoms with Crippen LogP contribution in [0.25, 0.3) is 0 Å². The predicted molar refractivity (Wildman–Crippen MR) is 109 cm³/mol. The van der Waals surface area contributed by atoms with E-state index in [1.807, 2.05) is 61.5 Å². The molecule has 0 aromatic rings. The highest BCUT2D eigenvalue weighted by molar-refractivity contribution is 5.97. The van der Waals surface area contributed by atoms with E-state index >= 15 is 0 Å². The van der Waals surface area contributed by atoms with Gasteiger partial charge in [-0.3, -0.25) is 4.79 Å². The van der Waals surface area contributed by atoms with Crippen LogP contribution < -0.4 is 5.32 Å². The van der Waals surface area contributed by atoms with Gasteiger partial charge in [0.1, 0.15) is 0 Å². The highest BCUT2D eigenvalue weighted by atomic mass is 16.1. The normalized spacial score (nSPS) is 9.13. The monoisotopic (exact) mass is 319 g/mol. The summed E-state index contributed by atoms with van der Waals surface area (Å²) >= 11 is 0. The highest BCUT2D eigenvalue weighted by Crippen LogP contribution is 1.99. The molecule has 1 amide bonds. The summed E-state index contributed by atoms with van der Waals surface area (Å²) in [4.78, 5) is 11.6. The van der Waals surface area contributed by atoms with E-state index in [1.165, 1.54) is 0 Å². The van der Waals surface area contributed by atoms with Crippen LogP contribution in [0.15, 0.2) is 60.9 Å². The van der Waals surface area contributed by atoms with Crippen molar-refractivity contribution in [2.75, 3.05) is 0 Å². The Morgan fingerprint density at radius 2 is 1.30 bits per heavy atom. The van der Waals surface area contributed by atoms with Crippen molar-refractivity contribution >= 4 is 5.91 Å². The van der Waals surface area contributed by atoms with Crippen molar-refractivity contribution in [3.05, 3.63) is 60.9 Å². The third kappa shape index (κ3) is 28.6. The first-order valence-electron chi connectivity index (χ1n) is 7.90. The molecule has 0 rings (SSSR count). The first kappa shape index (κ1) is 32.6. The van der Waals surface area contributed by atoms with Gasteiger partial charge in [-0.05, 0) is 33.8 Å². The fourth-order valence-corrected chi connectivity index (χ4v) is 0.927. The molecule has 2 nitrogen and oxygen atoms in total. The molecule has 0 aliphatic heterocycles. The first-order chi connectivity index (χ1) is 11.1. The maximum absolute atomic E-state index is 11.6. The van der Waals surface area contributed by atoms with Gasteiger partial charge >= 0.3 is 0 Å². The van der Waals surface area contributed by atoms with Crippen molar-refractivity contribution < 1.29 is 4.79 Å². The van der Waals surface area contributed by atoms with Crippen LogP contribution in [-0.4, -0.2) is 5.91 Å². The average molecular weight is 320 g/mol. The number of hydrogen-bond donors (Lipinski definition) is 1. The van der Waals surface area contributed by atoms with Crippen molar-refractivity contribution in [1.29, 1.82) is 0 Å². The first-order valence-corrected chi connectivity index (χ1v) is 7.90. The van der Waals surface area contributed by atoms with Gasteiger partial charge in [0.05, 0.1) is 0 Å². The van der Waals surface area contributed by atoms with E-state index in [0.717, 1.165) is 5.70 Å². The van der Waals surface area contributed by atoms with Crippen molar-refractivity contribution in [2.24, 2.45) is 0 Å². The number of carbonyl (C=O) groups excluding carboxylic acids is 1. The van der Waals surface area contributed by atoms with Crippen LogP contribution in [0.1, 0.15) is 55.4 Å². The molecule has 0 heterocycles. The minimum Gasteiger partial charge on any atom is -0.322 e. The fraction of sp³-hybridized carbons (Fsp3) is 0.381. The maximum Gasteiger partial charge on any atom is 0.255 e. The van der Waals surface area contributed by atoms with Crippen LogP contribution in [0.3, 0.4) is 0 Å². The zero-order chi connectivity index (χ0) is 19.7. The lowest BCUT2D eigenvalue weighted by Crippen LogP contribution is -2.22. The molecular formula is C21H37NO. The molecule has 0 unspecified atom stereocenters. The van der Waals surface area contributed by atoms with Gasteiger partial charge in [-0.2, -0.15) is 0 Å². The third-order valence-corrected chi connectivity index (χ3v) is 1.71. The van der Waals surface area contributed by atoms with Crippen LogP contribution >= 0.6 is 0 Å². The second-order valence-corrected chi connectivity index (χ2v) is 3.05. The number of allylic oxidation sites excluding steroid dienone is 5. The average Bonchev–Trinajstić information content (AvgIpc) is 2.63. The Bertz CT molecular complexity index is 369. The Hall–Kier alpha value is -2.27. The largest absolute Gasteiger partial charge is 0.322 e. The van der Waals surface area contributed by atoms with Gasteiger partial charge in [-0.1, -0.05) is 64.7 Å². The molecule has 0 atom stereocenters. The van der Waals surface area contributed by atoms with E-state index in [2.05, 4.69) is 31.3 Å². The number of nitrogens with one attached hydrogen (secondary N) is 1. The molecule has 23 heavy (non-hydrogen) atoms. The van der Waals surface area contributed by atoms with Crippen LogP contribution in [0.5, 0.6) is 0 Å². The Kier molecular flexibility index (Phi) is 52.1. The summed E-state index contributed by atoms with van der Waals surface area (Å²) in [5.74, 6) is -0.112. The fourth-order valence-electron chi connectivity index (χ4n) is 0.927. The quantitative estimate of drug-likeness (QED) is 0.284. The Morgan fingerprint density at radius 3 is 1.52 bits per heavy atom. The van der Waals surface area contributed by atoms with E-state index in [9.17, 15) is 4.79 Å². The third-order valence-electron chi connectivity index (χ3n) is 1.71. The number of hydrogen-bond acceptors (Lipinski definition) is 1. The van der Waals surface area contributed by atoms with Crippen LogP contribution in [0.2, 0.25) is 0 Å². The molecule has 0 bridgehead atoms. The summed E-state index contributed by atoms with van der Waals surface area (Å²) in [7, 11) is 0. The van der Waals surface area contributed by atoms with E-state index in [-0.39, 0.29) is 5.91 Å². The topological polar surface area (TPSA) is 29.1 Å². The summed E-state index contributed by atoms with van der Waals surface area (Å²) in [5, 5.41) is 2.74. The summed E-state index contributed by atoms with van der Waals surface area (Å²) < 4.78 is 0. The van der Waals surface area contributed by atoms with Gasteiger partial charge in [0.25, 0.3) is 5.91 Å². The number of amides is 1. The van der Waals surface area contributed by atoms with E-state index in [4.69, 9.17) is 0 Å². The van der Waals surface area contributed by atoms with Crippen molar-refractivity contribution in [3.8, 4) is 12.8 Å². The zero-order valence-corrected chi connectivity index (χ0v) is 16.4. The van der Waals surface area contributed by atoms with Gasteiger partial charge in [0, 0.05) is 11.3 Å². The second-order valence-electron chi connectivity index (χ2n) is 3.05. The molecule has 0 aliphatic rings. The summed E-state index contributed by atoms with van der Waals surface area (Å²) in [6, 6.07) is 0. The maximum atomic E-state index is 11.6. The van der Waals surface area contributed by atoms with Crippen LogP contribution in [0.4, 0.5) is 0 Å². The van der Waals surface area contributed by atoms with Gasteiger partial charge in [-0.15, -0.1) is 19.4 Å². The standard InChI is InChI=1S/C12H17NO.C3H6.2C2H6.C2H2/c1-5-9-10(6-2)12(14)13-11(7-3)8-4;1-3-2;3*1-2/h5-9H,3H2,1-2,4H3,(H,13,14);3H,1H2,2H3;2*1-2H3;1-2H/b9-5-,10-6+,11-8+;;;;. The van der Waals surface area contributed by atoms with E-state index in [0.29, 0.717) is 5.57 Å². The SMILES string of the molecule is C#C.C=C/C(=C\C)NC(=O)C(/C=C\C)=C/C.C=CC.CC.CC. The Morgan fingerprint density at radius 1 is 0.913 bits per heavy atom. The molecule has 0 radical (unpaired) electrons. The Labute approximate surface area is 145 Å². The summed E-state index contributed by atoms with van der Waals surface area (Å²) in [6.07, 6.45) is 18.5. The number of terminal acetylenes is 1. The molecule has 0 spiro atoms. The van der Waals surface area contributed by atoms with E-state index < -0.39 is 0 Å². The molecular weight excluding hydrogens is 282 g/mol. The molecule has 0 aromatic heterocycles. The molecule has 132 valence electrons. The van der Waals surface area contributed by atoms with Gasteiger partial charge < -0.3 is 5.32 Å². The zero-order valence-electron chi connectivity index (χ0n) is 16.4. The lowest BCUT2D eigenvalue weighted by atomic mass is 10.2. The number of rotatable bonds is 4. The summed E-state index contributed by atoms with van der Waals surface area (Å²) in [5.41, 5.74) is 1.37. The molecule has 0 fully saturated rings. The van der Waals surface area contributed by atoms with Crippen LogP contribution in [0, 0.1) is 12.8 Å². The minimum atomic E-state index is -0.112. The van der Waals surface area contributed by atoms with Crippen molar-refractivity contribution in [1.82, 2.24) is 5.32 Å². The minimum absolute atomic E-state index is 0.112. The molecule has 2 heteroatoms. The predicted octanol–water partition coefficient (Wildman–Crippen LogP) is 6.21. The molecule has 0 aliphatic carbocycles. The van der Waals surface area contributed by atoms with Crippen molar-refractivity contribution in [2.45, 2.75) is 55.4 Å². The lowest BCUT2D eigenvalue weighted by Gasteiger charge is -2.05. The molecule has 1 N–H and O–H groups in total. The van der Waals surface area contributed by atoms with Gasteiger partial charge in [-0.25, -0.2) is 0 Å². The van der Waals surface area contributed by atoms with Crippen LogP contribution in [-0.2, 0) is 4.79 Å². The van der Waals surface area contributed by atoms with Gasteiger partial charge in [0.2, 0.25) is 0 Å². The molecule has 0 aromatic carbocycles. The molecule has 0 saturated carbocycles. The highest BCUT2D eigenvalue weighted by Gasteiger charge is 2.04.